The maximum atomic E-state index is 15.3. The first-order valence-electron chi connectivity index (χ1n) is 14.9. The summed E-state index contributed by atoms with van der Waals surface area (Å²) in [4.78, 5) is 67.9. The van der Waals surface area contributed by atoms with Crippen LogP contribution in [0.25, 0.3) is 10.9 Å². The number of carboxylic acid groups (broad SMARTS) is 1. The zero-order valence-electron chi connectivity index (χ0n) is 26.7. The van der Waals surface area contributed by atoms with E-state index in [1.165, 1.54) is 12.1 Å². The number of aryl methyl sites for hydroxylation is 2. The second-order valence-corrected chi connectivity index (χ2v) is 12.9. The summed E-state index contributed by atoms with van der Waals surface area (Å²) in [5.41, 5.74) is 1.10. The Morgan fingerprint density at radius 2 is 1.90 bits per heavy atom. The average molecular weight is 707 g/mol. The second-order valence-electron chi connectivity index (χ2n) is 11.2. The van der Waals surface area contributed by atoms with Gasteiger partial charge in [0.2, 0.25) is 5.91 Å². The Labute approximate surface area is 284 Å². The molecule has 0 radical (unpaired) electrons. The van der Waals surface area contributed by atoms with Gasteiger partial charge >= 0.3 is 5.97 Å². The van der Waals surface area contributed by atoms with Gasteiger partial charge < -0.3 is 20.3 Å². The lowest BCUT2D eigenvalue weighted by atomic mass is 10.0. The lowest BCUT2D eigenvalue weighted by Crippen LogP contribution is -2.41. The number of nitrogens with one attached hydrogen (secondary N) is 3. The maximum Gasteiger partial charge on any atom is 0.326 e. The highest BCUT2D eigenvalue weighted by Crippen LogP contribution is 2.24. The van der Waals surface area contributed by atoms with Crippen molar-refractivity contribution in [2.24, 2.45) is 0 Å². The zero-order valence-corrected chi connectivity index (χ0v) is 27.5. The summed E-state index contributed by atoms with van der Waals surface area (Å²) < 4.78 is 42.0. The Hall–Kier alpha value is -6.15. The largest absolute Gasteiger partial charge is 0.480 e. The van der Waals surface area contributed by atoms with Crippen LogP contribution in [0.5, 0.6) is 0 Å². The van der Waals surface area contributed by atoms with E-state index in [-0.39, 0.29) is 31.5 Å². The van der Waals surface area contributed by atoms with Crippen LogP contribution in [0.1, 0.15) is 46.6 Å². The highest BCUT2D eigenvalue weighted by Gasteiger charge is 2.25. The van der Waals surface area contributed by atoms with E-state index in [2.05, 4.69) is 21.2 Å². The number of aromatic amines is 1. The molecule has 0 unspecified atom stereocenters. The average Bonchev–Trinajstić information content (AvgIpc) is 3.04. The fourth-order valence-electron chi connectivity index (χ4n) is 5.05. The van der Waals surface area contributed by atoms with Gasteiger partial charge in [-0.25, -0.2) is 27.3 Å². The Kier molecular flexibility index (Phi) is 11.3. The summed E-state index contributed by atoms with van der Waals surface area (Å²) >= 11 is 0. The number of nitro groups is 1. The quantitative estimate of drug-likeness (QED) is 0.0847. The number of nitro benzene ring substituents is 1. The van der Waals surface area contributed by atoms with Crippen molar-refractivity contribution in [2.45, 2.75) is 50.6 Å². The van der Waals surface area contributed by atoms with Crippen molar-refractivity contribution in [1.29, 1.82) is 0 Å². The third kappa shape index (κ3) is 8.85. The van der Waals surface area contributed by atoms with E-state index < -0.39 is 67.2 Å². The van der Waals surface area contributed by atoms with Gasteiger partial charge in [0.15, 0.2) is 0 Å². The van der Waals surface area contributed by atoms with E-state index in [4.69, 9.17) is 6.42 Å². The van der Waals surface area contributed by atoms with Crippen molar-refractivity contribution in [3.8, 4) is 12.3 Å². The number of terminal acetylenes is 1. The van der Waals surface area contributed by atoms with Gasteiger partial charge in [-0.2, -0.15) is 0 Å². The van der Waals surface area contributed by atoms with E-state index in [1.807, 2.05) is 6.92 Å². The normalized spacial score (nSPS) is 11.7. The van der Waals surface area contributed by atoms with Gasteiger partial charge in [-0.3, -0.25) is 24.5 Å². The SMILES string of the molecule is C#CCN(Cc1cc2c(=O)[nH]c(C)nc2cc1C)c1ccc(C(=O)N[C@H](CCCC(=O)NS(=O)(=O)c2cccc([N+](=O)[O-])c2)C(=O)O)c(F)c1. The van der Waals surface area contributed by atoms with Gasteiger partial charge in [-0.15, -0.1) is 6.42 Å². The number of hydrogen-bond acceptors (Lipinski definition) is 10. The second kappa shape index (κ2) is 15.4. The van der Waals surface area contributed by atoms with E-state index in [0.29, 0.717) is 22.4 Å². The van der Waals surface area contributed by atoms with Crippen LogP contribution in [0.15, 0.2) is 64.3 Å². The van der Waals surface area contributed by atoms with Gasteiger partial charge in [0.1, 0.15) is 17.7 Å². The minimum atomic E-state index is -4.45. The van der Waals surface area contributed by atoms with E-state index in [1.54, 1.807) is 28.7 Å². The van der Waals surface area contributed by atoms with Crippen LogP contribution in [-0.4, -0.2) is 58.8 Å². The van der Waals surface area contributed by atoms with Crippen molar-refractivity contribution in [3.63, 3.8) is 0 Å². The summed E-state index contributed by atoms with van der Waals surface area (Å²) in [5.74, 6) is -1.53. The minimum Gasteiger partial charge on any atom is -0.480 e. The number of fused-ring (bicyclic) bond motifs is 1. The van der Waals surface area contributed by atoms with Crippen molar-refractivity contribution in [2.75, 3.05) is 11.4 Å². The van der Waals surface area contributed by atoms with Gasteiger partial charge in [0.05, 0.1) is 32.8 Å². The molecule has 0 bridgehead atoms. The van der Waals surface area contributed by atoms with Gasteiger partial charge in [-0.1, -0.05) is 12.0 Å². The third-order valence-electron chi connectivity index (χ3n) is 7.57. The predicted molar refractivity (Wildman–Crippen MR) is 179 cm³/mol. The van der Waals surface area contributed by atoms with E-state index in [9.17, 15) is 42.8 Å². The summed E-state index contributed by atoms with van der Waals surface area (Å²) in [6.45, 7) is 3.74. The topological polar surface area (TPSA) is 222 Å². The number of rotatable bonds is 14. The molecular formula is C33H31FN6O9S. The Morgan fingerprint density at radius 1 is 1.16 bits per heavy atom. The molecule has 0 aliphatic carbocycles. The molecule has 15 nitrogen and oxygen atoms in total. The van der Waals surface area contributed by atoms with Crippen LogP contribution >= 0.6 is 0 Å². The molecule has 0 aliphatic rings. The van der Waals surface area contributed by atoms with Crippen molar-refractivity contribution in [1.82, 2.24) is 20.0 Å². The number of carbonyl (C=O) groups is 3. The number of sulfonamides is 1. The Balaban J connectivity index is 1.41. The number of carbonyl (C=O) groups excluding carboxylic acids is 2. The summed E-state index contributed by atoms with van der Waals surface area (Å²) in [7, 11) is -4.45. The van der Waals surface area contributed by atoms with E-state index >= 15 is 4.39 Å². The van der Waals surface area contributed by atoms with Crippen molar-refractivity contribution >= 4 is 50.1 Å². The van der Waals surface area contributed by atoms with Crippen molar-refractivity contribution < 1.29 is 37.2 Å². The van der Waals surface area contributed by atoms with Gasteiger partial charge in [0.25, 0.3) is 27.2 Å². The first-order valence-corrected chi connectivity index (χ1v) is 16.4. The molecule has 17 heteroatoms. The standard InChI is InChI=1S/C33H31FN6O9S/c1-4-13-39(18-21-15-26-29(14-19(21)2)35-20(3)36-32(26)43)22-11-12-25(27(34)17-22)31(42)37-28(33(44)45)9-6-10-30(41)38-50(48,49)24-8-5-7-23(16-24)40(46)47/h1,5,7-8,11-12,14-17,28H,6,9-10,13,18H2,2-3H3,(H,37,42)(H,38,41)(H,44,45)(H,35,36,43)/t28-/m1/s1. The number of hydrogen-bond donors (Lipinski definition) is 4. The number of non-ortho nitro benzene ring substituents is 1. The molecule has 2 amide bonds. The summed E-state index contributed by atoms with van der Waals surface area (Å²) in [5, 5.41) is 23.2. The number of carboxylic acids is 1. The molecule has 0 saturated heterocycles. The van der Waals surface area contributed by atoms with Crippen LogP contribution in [0.2, 0.25) is 0 Å². The van der Waals surface area contributed by atoms with Crippen LogP contribution < -0.4 is 20.5 Å². The van der Waals surface area contributed by atoms with Crippen LogP contribution in [-0.2, 0) is 26.2 Å². The fraction of sp³-hybridized carbons (Fsp3) is 0.242. The number of anilines is 1. The molecule has 0 aliphatic heterocycles. The minimum absolute atomic E-state index is 0.0478. The first kappa shape index (κ1) is 36.7. The Morgan fingerprint density at radius 3 is 2.56 bits per heavy atom. The van der Waals surface area contributed by atoms with E-state index in [0.717, 1.165) is 41.5 Å². The summed E-state index contributed by atoms with van der Waals surface area (Å²) in [6.07, 6.45) is 4.60. The number of aliphatic carboxylic acids is 1. The molecule has 0 spiro atoms. The molecule has 0 fully saturated rings. The fourth-order valence-corrected chi connectivity index (χ4v) is 6.10. The third-order valence-corrected chi connectivity index (χ3v) is 8.95. The molecule has 3 aromatic carbocycles. The molecule has 4 aromatic rings. The van der Waals surface area contributed by atoms with Gasteiger partial charge in [0, 0.05) is 30.8 Å². The lowest BCUT2D eigenvalue weighted by Gasteiger charge is -2.24. The number of nitrogens with zero attached hydrogens (tertiary/aromatic N) is 3. The number of amides is 2. The molecule has 50 heavy (non-hydrogen) atoms. The lowest BCUT2D eigenvalue weighted by molar-refractivity contribution is -0.385. The molecule has 1 aromatic heterocycles. The monoisotopic (exact) mass is 706 g/mol. The number of halogens is 1. The zero-order chi connectivity index (χ0) is 36.7. The van der Waals surface area contributed by atoms with Gasteiger partial charge in [-0.05, 0) is 74.2 Å². The maximum absolute atomic E-state index is 15.3. The smallest absolute Gasteiger partial charge is 0.326 e. The summed E-state index contributed by atoms with van der Waals surface area (Å²) in [6, 6.07) is 9.61. The van der Waals surface area contributed by atoms with Crippen LogP contribution in [0.3, 0.4) is 0 Å². The molecule has 4 rings (SSSR count). The molecular weight excluding hydrogens is 675 g/mol. The first-order chi connectivity index (χ1) is 23.6. The Bertz CT molecular complexity index is 2220. The molecule has 1 atom stereocenters. The molecule has 1 heterocycles. The van der Waals surface area contributed by atoms with Crippen LogP contribution in [0, 0.1) is 42.1 Å². The highest BCUT2D eigenvalue weighted by atomic mass is 32.2. The molecule has 0 saturated carbocycles. The number of benzene rings is 3. The predicted octanol–water partition coefficient (Wildman–Crippen LogP) is 3.09. The van der Waals surface area contributed by atoms with Crippen molar-refractivity contribution in [3.05, 3.63) is 103 Å². The number of H-pyrrole nitrogens is 1. The molecule has 260 valence electrons. The highest BCUT2D eigenvalue weighted by molar-refractivity contribution is 7.90. The van der Waals surface area contributed by atoms with Crippen LogP contribution in [0.4, 0.5) is 15.8 Å². The number of aromatic nitrogens is 2. The molecule has 4 N–H and O–H groups in total.